The normalized spacial score (nSPS) is 12.6. The number of nitrogens with zero attached hydrogens (tertiary/aromatic N) is 2. The summed E-state index contributed by atoms with van der Waals surface area (Å²) in [7, 11) is 0. The maximum Gasteiger partial charge on any atom is 0.231 e. The van der Waals surface area contributed by atoms with E-state index >= 15 is 0 Å². The van der Waals surface area contributed by atoms with E-state index in [0.717, 1.165) is 18.7 Å². The average Bonchev–Trinajstić information content (AvgIpc) is 2.94. The van der Waals surface area contributed by atoms with Crippen molar-refractivity contribution >= 4 is 11.8 Å². The molecule has 0 aliphatic rings. The average molecular weight is 277 g/mol. The van der Waals surface area contributed by atoms with Crippen LogP contribution in [-0.2, 0) is 0 Å². The highest BCUT2D eigenvalue weighted by molar-refractivity contribution is 7.98. The van der Waals surface area contributed by atoms with E-state index in [0.29, 0.717) is 11.7 Å². The molecule has 1 atom stereocenters. The number of hydrogen-bond donors (Lipinski definition) is 1. The van der Waals surface area contributed by atoms with Crippen molar-refractivity contribution < 1.29 is 4.52 Å². The second kappa shape index (κ2) is 6.73. The molecule has 1 N–H and O–H groups in total. The smallest absolute Gasteiger partial charge is 0.231 e. The van der Waals surface area contributed by atoms with Gasteiger partial charge in [-0.3, -0.25) is 0 Å². The third-order valence-corrected chi connectivity index (χ3v) is 3.66. The zero-order valence-electron chi connectivity index (χ0n) is 11.5. The number of hydrogen-bond acceptors (Lipinski definition) is 5. The van der Waals surface area contributed by atoms with Crippen LogP contribution < -0.4 is 5.32 Å². The van der Waals surface area contributed by atoms with Gasteiger partial charge in [0.05, 0.1) is 0 Å². The predicted molar refractivity (Wildman–Crippen MR) is 78.5 cm³/mol. The third-order valence-electron chi connectivity index (χ3n) is 2.91. The van der Waals surface area contributed by atoms with Crippen LogP contribution in [0.5, 0.6) is 0 Å². The standard InChI is InChI=1S/C14H19N3OS/c1-4-15-9-10(2)14-16-13(17-18-14)11-5-7-12(19-3)8-6-11/h5-8,10,15H,4,9H2,1-3H3. The van der Waals surface area contributed by atoms with Gasteiger partial charge in [-0.2, -0.15) is 4.98 Å². The number of rotatable bonds is 6. The summed E-state index contributed by atoms with van der Waals surface area (Å²) in [6.45, 7) is 5.96. The summed E-state index contributed by atoms with van der Waals surface area (Å²) in [6, 6.07) is 8.18. The van der Waals surface area contributed by atoms with E-state index in [1.54, 1.807) is 11.8 Å². The van der Waals surface area contributed by atoms with Gasteiger partial charge in [0.1, 0.15) is 0 Å². The van der Waals surface area contributed by atoms with Crippen LogP contribution in [0.25, 0.3) is 11.4 Å². The predicted octanol–water partition coefficient (Wildman–Crippen LogP) is 3.17. The number of benzene rings is 1. The van der Waals surface area contributed by atoms with E-state index < -0.39 is 0 Å². The molecule has 0 saturated carbocycles. The van der Waals surface area contributed by atoms with E-state index in [2.05, 4.69) is 47.7 Å². The zero-order chi connectivity index (χ0) is 13.7. The molecular formula is C14H19N3OS. The first kappa shape index (κ1) is 14.1. The maximum absolute atomic E-state index is 5.33. The van der Waals surface area contributed by atoms with E-state index in [-0.39, 0.29) is 5.92 Å². The van der Waals surface area contributed by atoms with Crippen molar-refractivity contribution in [1.82, 2.24) is 15.5 Å². The fraction of sp³-hybridized carbons (Fsp3) is 0.429. The first-order chi connectivity index (χ1) is 9.24. The molecule has 0 fully saturated rings. The maximum atomic E-state index is 5.33. The van der Waals surface area contributed by atoms with Crippen molar-refractivity contribution in [2.45, 2.75) is 24.7 Å². The van der Waals surface area contributed by atoms with Crippen LogP contribution in [0.2, 0.25) is 0 Å². The molecule has 0 spiro atoms. The van der Waals surface area contributed by atoms with Gasteiger partial charge in [0.25, 0.3) is 0 Å². The summed E-state index contributed by atoms with van der Waals surface area (Å²) >= 11 is 1.72. The van der Waals surface area contributed by atoms with E-state index in [9.17, 15) is 0 Å². The molecule has 0 radical (unpaired) electrons. The second-order valence-corrected chi connectivity index (χ2v) is 5.27. The zero-order valence-corrected chi connectivity index (χ0v) is 12.3. The first-order valence-corrected chi connectivity index (χ1v) is 7.65. The molecule has 0 bridgehead atoms. The molecule has 4 nitrogen and oxygen atoms in total. The molecule has 0 saturated heterocycles. The topological polar surface area (TPSA) is 51.0 Å². The number of thioether (sulfide) groups is 1. The van der Waals surface area contributed by atoms with Gasteiger partial charge in [0.15, 0.2) is 0 Å². The Kier molecular flexibility index (Phi) is 4.99. The van der Waals surface area contributed by atoms with Crippen LogP contribution in [0.1, 0.15) is 25.7 Å². The Morgan fingerprint density at radius 1 is 1.32 bits per heavy atom. The number of nitrogens with one attached hydrogen (secondary N) is 1. The van der Waals surface area contributed by atoms with E-state index in [1.165, 1.54) is 4.90 Å². The second-order valence-electron chi connectivity index (χ2n) is 4.39. The SMILES string of the molecule is CCNCC(C)c1nc(-c2ccc(SC)cc2)no1. The van der Waals surface area contributed by atoms with Crippen molar-refractivity contribution in [1.29, 1.82) is 0 Å². The molecule has 102 valence electrons. The van der Waals surface area contributed by atoms with Crippen LogP contribution in [0.15, 0.2) is 33.7 Å². The quantitative estimate of drug-likeness (QED) is 0.822. The third kappa shape index (κ3) is 3.58. The number of aromatic nitrogens is 2. The highest BCUT2D eigenvalue weighted by atomic mass is 32.2. The minimum absolute atomic E-state index is 0.228. The van der Waals surface area contributed by atoms with Crippen LogP contribution >= 0.6 is 11.8 Å². The summed E-state index contributed by atoms with van der Waals surface area (Å²) in [5.74, 6) is 1.57. The molecule has 1 heterocycles. The van der Waals surface area contributed by atoms with Crippen molar-refractivity contribution in [3.63, 3.8) is 0 Å². The molecular weight excluding hydrogens is 258 g/mol. The molecule has 0 aliphatic heterocycles. The first-order valence-electron chi connectivity index (χ1n) is 6.43. The molecule has 1 unspecified atom stereocenters. The molecule has 1 aromatic heterocycles. The van der Waals surface area contributed by atoms with Gasteiger partial charge in [0.2, 0.25) is 11.7 Å². The summed E-state index contributed by atoms with van der Waals surface area (Å²) in [6.07, 6.45) is 2.06. The van der Waals surface area contributed by atoms with Crippen LogP contribution in [0.4, 0.5) is 0 Å². The fourth-order valence-corrected chi connectivity index (χ4v) is 2.15. The van der Waals surface area contributed by atoms with Gasteiger partial charge in [-0.25, -0.2) is 0 Å². The molecule has 19 heavy (non-hydrogen) atoms. The lowest BCUT2D eigenvalue weighted by Crippen LogP contribution is -2.19. The minimum atomic E-state index is 0.228. The monoisotopic (exact) mass is 277 g/mol. The van der Waals surface area contributed by atoms with Gasteiger partial charge in [-0.1, -0.05) is 19.0 Å². The summed E-state index contributed by atoms with van der Waals surface area (Å²) < 4.78 is 5.33. The van der Waals surface area contributed by atoms with E-state index in [1.807, 2.05) is 12.1 Å². The molecule has 0 aliphatic carbocycles. The Bertz CT molecular complexity index is 510. The Hall–Kier alpha value is -1.33. The number of likely N-dealkylation sites (N-methyl/N-ethyl adjacent to an activating group) is 1. The highest BCUT2D eigenvalue weighted by Crippen LogP contribution is 2.22. The Morgan fingerprint density at radius 2 is 2.05 bits per heavy atom. The van der Waals surface area contributed by atoms with Crippen molar-refractivity contribution in [2.24, 2.45) is 0 Å². The van der Waals surface area contributed by atoms with Crippen LogP contribution in [0, 0.1) is 0 Å². The molecule has 0 amide bonds. The van der Waals surface area contributed by atoms with Crippen LogP contribution in [0.3, 0.4) is 0 Å². The molecule has 1 aromatic carbocycles. The fourth-order valence-electron chi connectivity index (χ4n) is 1.74. The largest absolute Gasteiger partial charge is 0.339 e. The van der Waals surface area contributed by atoms with Gasteiger partial charge < -0.3 is 9.84 Å². The molecule has 2 rings (SSSR count). The summed E-state index contributed by atoms with van der Waals surface area (Å²) in [4.78, 5) is 5.69. The summed E-state index contributed by atoms with van der Waals surface area (Å²) in [5, 5.41) is 7.33. The minimum Gasteiger partial charge on any atom is -0.339 e. The Morgan fingerprint density at radius 3 is 2.68 bits per heavy atom. The van der Waals surface area contributed by atoms with Crippen LogP contribution in [-0.4, -0.2) is 29.5 Å². The molecule has 2 aromatic rings. The van der Waals surface area contributed by atoms with E-state index in [4.69, 9.17) is 4.52 Å². The van der Waals surface area contributed by atoms with Crippen molar-refractivity contribution in [3.8, 4) is 11.4 Å². The molecule has 5 heteroatoms. The Labute approximate surface area is 118 Å². The van der Waals surface area contributed by atoms with Gasteiger partial charge >= 0.3 is 0 Å². The van der Waals surface area contributed by atoms with Gasteiger partial charge in [0, 0.05) is 22.9 Å². The van der Waals surface area contributed by atoms with Crippen molar-refractivity contribution in [3.05, 3.63) is 30.2 Å². The van der Waals surface area contributed by atoms with Gasteiger partial charge in [-0.15, -0.1) is 11.8 Å². The lowest BCUT2D eigenvalue weighted by Gasteiger charge is -2.05. The Balaban J connectivity index is 2.11. The summed E-state index contributed by atoms with van der Waals surface area (Å²) in [5.41, 5.74) is 0.989. The highest BCUT2D eigenvalue weighted by Gasteiger charge is 2.14. The van der Waals surface area contributed by atoms with Gasteiger partial charge in [-0.05, 0) is 37.1 Å². The van der Waals surface area contributed by atoms with Crippen molar-refractivity contribution in [2.75, 3.05) is 19.3 Å². The lowest BCUT2D eigenvalue weighted by molar-refractivity contribution is 0.355. The lowest BCUT2D eigenvalue weighted by atomic mass is 10.2.